The second-order valence-corrected chi connectivity index (χ2v) is 4.59. The lowest BCUT2D eigenvalue weighted by Gasteiger charge is -2.11. The van der Waals surface area contributed by atoms with Gasteiger partial charge in [0, 0.05) is 24.7 Å². The lowest BCUT2D eigenvalue weighted by Crippen LogP contribution is -2.13. The van der Waals surface area contributed by atoms with E-state index in [0.29, 0.717) is 12.1 Å². The van der Waals surface area contributed by atoms with E-state index in [0.717, 1.165) is 29.2 Å². The predicted molar refractivity (Wildman–Crippen MR) is 81.2 cm³/mol. The molecule has 21 heavy (non-hydrogen) atoms. The van der Waals surface area contributed by atoms with E-state index in [1.165, 1.54) is 0 Å². The summed E-state index contributed by atoms with van der Waals surface area (Å²) in [4.78, 5) is 0. The highest BCUT2D eigenvalue weighted by Crippen LogP contribution is 2.24. The summed E-state index contributed by atoms with van der Waals surface area (Å²) in [6.45, 7) is 1.44. The molecule has 108 valence electrons. The Bertz CT molecular complexity index is 630. The molecule has 0 heterocycles. The summed E-state index contributed by atoms with van der Waals surface area (Å²) in [7, 11) is 3.29. The Morgan fingerprint density at radius 1 is 1.00 bits per heavy atom. The van der Waals surface area contributed by atoms with Gasteiger partial charge in [0.1, 0.15) is 11.5 Å². The van der Waals surface area contributed by atoms with E-state index in [1.54, 1.807) is 14.2 Å². The highest BCUT2D eigenvalue weighted by molar-refractivity contribution is 5.40. The fraction of sp³-hybridized carbons (Fsp3) is 0.235. The van der Waals surface area contributed by atoms with Crippen LogP contribution >= 0.6 is 0 Å². The molecule has 0 fully saturated rings. The number of methoxy groups -OCH3 is 2. The highest BCUT2D eigenvalue weighted by atomic mass is 16.5. The number of ether oxygens (including phenoxy) is 2. The molecule has 0 bridgehead atoms. The molecule has 0 atom stereocenters. The molecule has 0 unspecified atom stereocenters. The first-order valence-electron chi connectivity index (χ1n) is 6.67. The molecule has 0 aliphatic rings. The van der Waals surface area contributed by atoms with Crippen LogP contribution in [0.4, 0.5) is 0 Å². The molecule has 2 aromatic carbocycles. The number of nitrogens with zero attached hydrogens (tertiary/aromatic N) is 1. The van der Waals surface area contributed by atoms with Crippen LogP contribution in [0.25, 0.3) is 0 Å². The Kier molecular flexibility index (Phi) is 5.19. The Hall–Kier alpha value is -2.51. The largest absolute Gasteiger partial charge is 0.497 e. The second-order valence-electron chi connectivity index (χ2n) is 4.59. The zero-order valence-electron chi connectivity index (χ0n) is 12.2. The van der Waals surface area contributed by atoms with Crippen molar-refractivity contribution in [2.45, 2.75) is 13.1 Å². The van der Waals surface area contributed by atoms with Gasteiger partial charge in [-0.25, -0.2) is 0 Å². The molecular weight excluding hydrogens is 264 g/mol. The predicted octanol–water partition coefficient (Wildman–Crippen LogP) is 2.87. The molecule has 0 aliphatic carbocycles. The van der Waals surface area contributed by atoms with Crippen LogP contribution in [-0.4, -0.2) is 14.2 Å². The maximum absolute atomic E-state index is 8.76. The van der Waals surface area contributed by atoms with E-state index in [4.69, 9.17) is 14.7 Å². The number of hydrogen-bond donors (Lipinski definition) is 1. The first kappa shape index (κ1) is 14.9. The van der Waals surface area contributed by atoms with Crippen molar-refractivity contribution in [1.29, 1.82) is 5.26 Å². The summed E-state index contributed by atoms with van der Waals surface area (Å²) in [5, 5.41) is 12.1. The van der Waals surface area contributed by atoms with Crippen molar-refractivity contribution in [3.63, 3.8) is 0 Å². The van der Waals surface area contributed by atoms with Gasteiger partial charge < -0.3 is 14.8 Å². The molecule has 0 saturated heterocycles. The Balaban J connectivity index is 1.95. The number of hydrogen-bond acceptors (Lipinski definition) is 4. The third-order valence-corrected chi connectivity index (χ3v) is 3.22. The van der Waals surface area contributed by atoms with Gasteiger partial charge in [-0.1, -0.05) is 18.2 Å². The summed E-state index contributed by atoms with van der Waals surface area (Å²) in [6.07, 6.45) is 0. The molecule has 2 rings (SSSR count). The van der Waals surface area contributed by atoms with Crippen molar-refractivity contribution < 1.29 is 9.47 Å². The minimum atomic E-state index is 0.676. The first-order chi connectivity index (χ1) is 10.3. The summed E-state index contributed by atoms with van der Waals surface area (Å²) >= 11 is 0. The smallest absolute Gasteiger partial charge is 0.127 e. The van der Waals surface area contributed by atoms with Gasteiger partial charge in [0.05, 0.1) is 25.9 Å². The molecule has 4 nitrogen and oxygen atoms in total. The lowest BCUT2D eigenvalue weighted by atomic mass is 10.1. The van der Waals surface area contributed by atoms with E-state index in [1.807, 2.05) is 42.5 Å². The Labute approximate surface area is 124 Å². The third-order valence-electron chi connectivity index (χ3n) is 3.22. The molecule has 0 saturated carbocycles. The average molecular weight is 282 g/mol. The fourth-order valence-corrected chi connectivity index (χ4v) is 2.04. The van der Waals surface area contributed by atoms with Gasteiger partial charge in [0.2, 0.25) is 0 Å². The highest BCUT2D eigenvalue weighted by Gasteiger charge is 2.04. The van der Waals surface area contributed by atoms with E-state index >= 15 is 0 Å². The van der Waals surface area contributed by atoms with Gasteiger partial charge in [-0.3, -0.25) is 0 Å². The van der Waals surface area contributed by atoms with Crippen LogP contribution in [0.2, 0.25) is 0 Å². The first-order valence-corrected chi connectivity index (χ1v) is 6.67. The number of nitriles is 1. The van der Waals surface area contributed by atoms with Gasteiger partial charge >= 0.3 is 0 Å². The van der Waals surface area contributed by atoms with Crippen molar-refractivity contribution >= 4 is 0 Å². The lowest BCUT2D eigenvalue weighted by molar-refractivity contribution is 0.390. The van der Waals surface area contributed by atoms with E-state index in [9.17, 15) is 0 Å². The minimum Gasteiger partial charge on any atom is -0.497 e. The number of rotatable bonds is 6. The second kappa shape index (κ2) is 7.32. The summed E-state index contributed by atoms with van der Waals surface area (Å²) < 4.78 is 10.5. The van der Waals surface area contributed by atoms with Gasteiger partial charge in [0.25, 0.3) is 0 Å². The van der Waals surface area contributed by atoms with Gasteiger partial charge in [-0.15, -0.1) is 0 Å². The van der Waals surface area contributed by atoms with Crippen LogP contribution in [0, 0.1) is 11.3 Å². The van der Waals surface area contributed by atoms with E-state index in [2.05, 4.69) is 11.4 Å². The van der Waals surface area contributed by atoms with E-state index < -0.39 is 0 Å². The molecule has 1 N–H and O–H groups in total. The molecule has 2 aromatic rings. The third kappa shape index (κ3) is 3.98. The molecular formula is C17H18N2O2. The monoisotopic (exact) mass is 282 g/mol. The van der Waals surface area contributed by atoms with Crippen molar-refractivity contribution in [3.8, 4) is 17.6 Å². The van der Waals surface area contributed by atoms with Crippen LogP contribution in [0.5, 0.6) is 11.5 Å². The summed E-state index contributed by atoms with van der Waals surface area (Å²) in [5.41, 5.74) is 2.89. The van der Waals surface area contributed by atoms with Crippen LogP contribution in [-0.2, 0) is 13.1 Å². The molecule has 0 aromatic heterocycles. The normalized spacial score (nSPS) is 9.95. The Morgan fingerprint density at radius 3 is 2.38 bits per heavy atom. The van der Waals surface area contributed by atoms with E-state index in [-0.39, 0.29) is 0 Å². The van der Waals surface area contributed by atoms with Crippen molar-refractivity contribution in [2.24, 2.45) is 0 Å². The van der Waals surface area contributed by atoms with Crippen LogP contribution < -0.4 is 14.8 Å². The van der Waals surface area contributed by atoms with Gasteiger partial charge in [-0.2, -0.15) is 5.26 Å². The van der Waals surface area contributed by atoms with Crippen molar-refractivity contribution in [2.75, 3.05) is 14.2 Å². The van der Waals surface area contributed by atoms with Gasteiger partial charge in [-0.05, 0) is 23.8 Å². The maximum atomic E-state index is 8.76. The molecule has 0 amide bonds. The molecule has 4 heteroatoms. The van der Waals surface area contributed by atoms with Crippen LogP contribution in [0.3, 0.4) is 0 Å². The van der Waals surface area contributed by atoms with Crippen molar-refractivity contribution in [1.82, 2.24) is 5.32 Å². The van der Waals surface area contributed by atoms with Gasteiger partial charge in [0.15, 0.2) is 0 Å². The van der Waals surface area contributed by atoms with Crippen molar-refractivity contribution in [3.05, 3.63) is 59.2 Å². The number of nitrogens with one attached hydrogen (secondary N) is 1. The minimum absolute atomic E-state index is 0.676. The van der Waals surface area contributed by atoms with Crippen LogP contribution in [0.1, 0.15) is 16.7 Å². The Morgan fingerprint density at radius 2 is 1.76 bits per heavy atom. The number of benzene rings is 2. The standard InChI is InChI=1S/C17H18N2O2/c1-20-16-8-7-15(17(9-16)21-2)12-19-11-14-5-3-13(10-18)4-6-14/h3-9,19H,11-12H2,1-2H3. The SMILES string of the molecule is COc1ccc(CNCc2ccc(C#N)cc2)c(OC)c1. The maximum Gasteiger partial charge on any atom is 0.127 e. The topological polar surface area (TPSA) is 54.3 Å². The summed E-state index contributed by atoms with van der Waals surface area (Å²) in [5.74, 6) is 1.59. The molecule has 0 aliphatic heterocycles. The van der Waals surface area contributed by atoms with Crippen LogP contribution in [0.15, 0.2) is 42.5 Å². The molecule has 0 radical (unpaired) electrons. The average Bonchev–Trinajstić information content (AvgIpc) is 2.55. The fourth-order valence-electron chi connectivity index (χ4n) is 2.04. The zero-order chi connectivity index (χ0) is 15.1. The zero-order valence-corrected chi connectivity index (χ0v) is 12.2. The molecule has 0 spiro atoms. The summed E-state index contributed by atoms with van der Waals surface area (Å²) in [6, 6.07) is 15.5. The quantitative estimate of drug-likeness (QED) is 0.885.